The van der Waals surface area contributed by atoms with Gasteiger partial charge < -0.3 is 5.32 Å². The molecule has 0 aromatic carbocycles. The third-order valence-corrected chi connectivity index (χ3v) is 4.91. The molecule has 3 rings (SSSR count). The first kappa shape index (κ1) is 13.0. The largest absolute Gasteiger partial charge is 0.310 e. The first-order chi connectivity index (χ1) is 9.37. The van der Waals surface area contributed by atoms with Crippen molar-refractivity contribution in [2.75, 3.05) is 20.1 Å². The smallest absolute Gasteiger partial charge is 0.0774 e. The van der Waals surface area contributed by atoms with E-state index >= 15 is 0 Å². The molecular weight excluding hydrogens is 236 g/mol. The SMILES string of the molecule is CNC(c1cnccn1)C1(N2CCCC2)CCCC1. The van der Waals surface area contributed by atoms with Crippen molar-refractivity contribution in [2.45, 2.75) is 50.1 Å². The van der Waals surface area contributed by atoms with Gasteiger partial charge in [0.05, 0.1) is 17.9 Å². The van der Waals surface area contributed by atoms with Gasteiger partial charge in [-0.2, -0.15) is 0 Å². The minimum absolute atomic E-state index is 0.265. The maximum Gasteiger partial charge on any atom is 0.0774 e. The predicted molar refractivity (Wildman–Crippen MR) is 75.8 cm³/mol. The molecule has 1 saturated heterocycles. The van der Waals surface area contributed by atoms with Crippen molar-refractivity contribution < 1.29 is 0 Å². The molecule has 1 N–H and O–H groups in total. The molecule has 0 bridgehead atoms. The van der Waals surface area contributed by atoms with Gasteiger partial charge >= 0.3 is 0 Å². The second-order valence-electron chi connectivity index (χ2n) is 5.86. The number of likely N-dealkylation sites (tertiary alicyclic amines) is 1. The van der Waals surface area contributed by atoms with Gasteiger partial charge in [-0.1, -0.05) is 12.8 Å². The van der Waals surface area contributed by atoms with Crippen molar-refractivity contribution in [2.24, 2.45) is 0 Å². The lowest BCUT2D eigenvalue weighted by Crippen LogP contribution is -2.53. The highest BCUT2D eigenvalue weighted by atomic mass is 15.2. The summed E-state index contributed by atoms with van der Waals surface area (Å²) in [5.41, 5.74) is 1.36. The second-order valence-corrected chi connectivity index (χ2v) is 5.86. The number of aromatic nitrogens is 2. The van der Waals surface area contributed by atoms with Crippen LogP contribution < -0.4 is 5.32 Å². The number of nitrogens with one attached hydrogen (secondary N) is 1. The highest BCUT2D eigenvalue weighted by Gasteiger charge is 2.47. The number of rotatable bonds is 4. The van der Waals surface area contributed by atoms with Gasteiger partial charge in [0.1, 0.15) is 0 Å². The lowest BCUT2D eigenvalue weighted by Gasteiger charge is -2.44. The van der Waals surface area contributed by atoms with Gasteiger partial charge in [0.15, 0.2) is 0 Å². The van der Waals surface area contributed by atoms with Crippen molar-refractivity contribution in [3.05, 3.63) is 24.3 Å². The van der Waals surface area contributed by atoms with Gasteiger partial charge in [0.25, 0.3) is 0 Å². The zero-order valence-electron chi connectivity index (χ0n) is 11.8. The summed E-state index contributed by atoms with van der Waals surface area (Å²) in [5.74, 6) is 0. The van der Waals surface area contributed by atoms with E-state index in [1.54, 1.807) is 6.20 Å². The summed E-state index contributed by atoms with van der Waals surface area (Å²) in [6.45, 7) is 2.50. The quantitative estimate of drug-likeness (QED) is 0.900. The van der Waals surface area contributed by atoms with E-state index in [4.69, 9.17) is 0 Å². The Morgan fingerprint density at radius 2 is 1.89 bits per heavy atom. The third kappa shape index (κ3) is 2.28. The summed E-state index contributed by atoms with van der Waals surface area (Å²) in [6.07, 6.45) is 13.4. The molecule has 0 spiro atoms. The molecule has 1 atom stereocenters. The molecular formula is C15H24N4. The summed E-state index contributed by atoms with van der Waals surface area (Å²) in [6, 6.07) is 0.307. The van der Waals surface area contributed by atoms with Gasteiger partial charge in [-0.25, -0.2) is 0 Å². The molecule has 4 nitrogen and oxygen atoms in total. The third-order valence-electron chi connectivity index (χ3n) is 4.91. The van der Waals surface area contributed by atoms with Crippen LogP contribution in [0.25, 0.3) is 0 Å². The molecule has 4 heteroatoms. The van der Waals surface area contributed by atoms with Crippen LogP contribution in [0.2, 0.25) is 0 Å². The number of hydrogen-bond donors (Lipinski definition) is 1. The molecule has 19 heavy (non-hydrogen) atoms. The molecule has 0 radical (unpaired) electrons. The van der Waals surface area contributed by atoms with E-state index in [1.807, 2.05) is 12.4 Å². The first-order valence-electron chi connectivity index (χ1n) is 7.55. The molecule has 1 aromatic rings. The molecule has 1 aliphatic carbocycles. The average molecular weight is 260 g/mol. The molecule has 1 aromatic heterocycles. The van der Waals surface area contributed by atoms with Gasteiger partial charge in [-0.15, -0.1) is 0 Å². The van der Waals surface area contributed by atoms with Crippen molar-refractivity contribution in [1.82, 2.24) is 20.2 Å². The molecule has 1 saturated carbocycles. The Morgan fingerprint density at radius 3 is 2.47 bits per heavy atom. The molecule has 1 unspecified atom stereocenters. The molecule has 2 fully saturated rings. The Balaban J connectivity index is 1.93. The minimum Gasteiger partial charge on any atom is -0.310 e. The van der Waals surface area contributed by atoms with Gasteiger partial charge in [-0.05, 0) is 45.8 Å². The van der Waals surface area contributed by atoms with E-state index in [0.717, 1.165) is 5.69 Å². The van der Waals surface area contributed by atoms with Gasteiger partial charge in [-0.3, -0.25) is 14.9 Å². The summed E-state index contributed by atoms with van der Waals surface area (Å²) in [7, 11) is 2.06. The van der Waals surface area contributed by atoms with Crippen LogP contribution in [0.5, 0.6) is 0 Å². The fourth-order valence-corrected chi connectivity index (χ4v) is 4.09. The fourth-order valence-electron chi connectivity index (χ4n) is 4.09. The fraction of sp³-hybridized carbons (Fsp3) is 0.733. The van der Waals surface area contributed by atoms with E-state index in [9.17, 15) is 0 Å². The van der Waals surface area contributed by atoms with E-state index in [-0.39, 0.29) is 5.54 Å². The molecule has 0 amide bonds. The van der Waals surface area contributed by atoms with Crippen LogP contribution >= 0.6 is 0 Å². The molecule has 2 heterocycles. The Morgan fingerprint density at radius 1 is 1.16 bits per heavy atom. The Bertz CT molecular complexity index is 394. The van der Waals surface area contributed by atoms with Crippen LogP contribution in [0.3, 0.4) is 0 Å². The standard InChI is InChI=1S/C15H24N4/c1-16-14(13-12-17-8-9-18-13)15(6-2-3-7-15)19-10-4-5-11-19/h8-9,12,14,16H,2-7,10-11H2,1H3. The topological polar surface area (TPSA) is 41.1 Å². The van der Waals surface area contributed by atoms with Crippen molar-refractivity contribution in [1.29, 1.82) is 0 Å². The van der Waals surface area contributed by atoms with Crippen LogP contribution in [0.15, 0.2) is 18.6 Å². The maximum atomic E-state index is 4.56. The normalized spacial score (nSPS) is 24.7. The second kappa shape index (κ2) is 5.55. The maximum absolute atomic E-state index is 4.56. The minimum atomic E-state index is 0.265. The first-order valence-corrected chi connectivity index (χ1v) is 7.55. The summed E-state index contributed by atoms with van der Waals surface area (Å²) in [4.78, 5) is 11.5. The van der Waals surface area contributed by atoms with E-state index in [0.29, 0.717) is 6.04 Å². The summed E-state index contributed by atoms with van der Waals surface area (Å²) < 4.78 is 0. The predicted octanol–water partition coefficient (Wildman–Crippen LogP) is 2.15. The van der Waals surface area contributed by atoms with Crippen LogP contribution in [-0.4, -0.2) is 40.5 Å². The monoisotopic (exact) mass is 260 g/mol. The summed E-state index contributed by atoms with van der Waals surface area (Å²) >= 11 is 0. The number of nitrogens with zero attached hydrogens (tertiary/aromatic N) is 3. The number of hydrogen-bond acceptors (Lipinski definition) is 4. The van der Waals surface area contributed by atoms with E-state index in [1.165, 1.54) is 51.6 Å². The lowest BCUT2D eigenvalue weighted by molar-refractivity contribution is 0.0778. The van der Waals surface area contributed by atoms with Gasteiger partial charge in [0, 0.05) is 17.9 Å². The molecule has 104 valence electrons. The van der Waals surface area contributed by atoms with Crippen molar-refractivity contribution >= 4 is 0 Å². The Kier molecular flexibility index (Phi) is 3.80. The average Bonchev–Trinajstić information content (AvgIpc) is 3.12. The van der Waals surface area contributed by atoms with Crippen molar-refractivity contribution in [3.63, 3.8) is 0 Å². The highest BCUT2D eigenvalue weighted by molar-refractivity contribution is 5.15. The Labute approximate surface area is 115 Å². The van der Waals surface area contributed by atoms with Crippen LogP contribution in [0.4, 0.5) is 0 Å². The zero-order chi connectivity index (χ0) is 13.1. The highest BCUT2D eigenvalue weighted by Crippen LogP contribution is 2.45. The lowest BCUT2D eigenvalue weighted by atomic mass is 9.84. The molecule has 1 aliphatic heterocycles. The van der Waals surface area contributed by atoms with Crippen molar-refractivity contribution in [3.8, 4) is 0 Å². The van der Waals surface area contributed by atoms with Crippen LogP contribution in [0, 0.1) is 0 Å². The van der Waals surface area contributed by atoms with E-state index in [2.05, 4.69) is 27.2 Å². The van der Waals surface area contributed by atoms with Crippen LogP contribution in [0.1, 0.15) is 50.3 Å². The van der Waals surface area contributed by atoms with Crippen LogP contribution in [-0.2, 0) is 0 Å². The van der Waals surface area contributed by atoms with Gasteiger partial charge in [0.2, 0.25) is 0 Å². The van der Waals surface area contributed by atoms with E-state index < -0.39 is 0 Å². The number of likely N-dealkylation sites (N-methyl/N-ethyl adjacent to an activating group) is 1. The zero-order valence-corrected chi connectivity index (χ0v) is 11.8. The molecule has 2 aliphatic rings. The Hall–Kier alpha value is -1.00. The summed E-state index contributed by atoms with van der Waals surface area (Å²) in [5, 5.41) is 3.53.